The van der Waals surface area contributed by atoms with Crippen LogP contribution in [-0.4, -0.2) is 21.7 Å². The number of aromatic amines is 1. The molecule has 5 aromatic rings. The number of fused-ring (bicyclic) bond motifs is 1. The number of aliphatic hydroxyl groups is 1. The van der Waals surface area contributed by atoms with Gasteiger partial charge in [-0.2, -0.15) is 5.26 Å². The molecule has 0 aliphatic heterocycles. The summed E-state index contributed by atoms with van der Waals surface area (Å²) in [7, 11) is 0. The van der Waals surface area contributed by atoms with E-state index in [-0.39, 0.29) is 6.61 Å². The fourth-order valence-corrected chi connectivity index (χ4v) is 3.96. The molecule has 0 spiro atoms. The third-order valence-corrected chi connectivity index (χ3v) is 5.81. The lowest BCUT2D eigenvalue weighted by Gasteiger charge is -2.26. The van der Waals surface area contributed by atoms with Gasteiger partial charge in [0.05, 0.1) is 16.6 Å². The van der Waals surface area contributed by atoms with Crippen LogP contribution in [-0.2, 0) is 0 Å². The number of benzene rings is 4. The molecule has 0 saturated heterocycles. The highest BCUT2D eigenvalue weighted by molar-refractivity contribution is 5.90. The number of aliphatic hydroxyl groups excluding tert-OH is 1. The zero-order valence-electron chi connectivity index (χ0n) is 21.3. The minimum atomic E-state index is 0.250. The summed E-state index contributed by atoms with van der Waals surface area (Å²) < 4.78 is 0. The fraction of sp³-hybridized carbons (Fsp3) is 0.125. The van der Waals surface area contributed by atoms with Gasteiger partial charge in [0.2, 0.25) is 0 Å². The van der Waals surface area contributed by atoms with E-state index in [0.717, 1.165) is 33.7 Å². The Kier molecular flexibility index (Phi) is 8.15. The number of allylic oxidation sites excluding steroid dienone is 1. The van der Waals surface area contributed by atoms with E-state index in [9.17, 15) is 5.26 Å². The molecule has 1 aromatic heterocycles. The van der Waals surface area contributed by atoms with Gasteiger partial charge in [-0.1, -0.05) is 59.7 Å². The van der Waals surface area contributed by atoms with Gasteiger partial charge in [0, 0.05) is 23.7 Å². The SMILES string of the molecule is CCO.Cc1ccc(N(c2ccc(C)cc2)c2ccc(/C=C(\C#N)c3nc4ccccc4[nH]3)cc2)cc1. The molecule has 5 rings (SSSR count). The molecule has 5 heteroatoms. The van der Waals surface area contributed by atoms with Crippen molar-refractivity contribution in [3.63, 3.8) is 0 Å². The normalized spacial score (nSPS) is 10.9. The number of para-hydroxylation sites is 2. The van der Waals surface area contributed by atoms with Crippen molar-refractivity contribution >= 4 is 39.7 Å². The Morgan fingerprint density at radius 2 is 1.32 bits per heavy atom. The molecular formula is C32H30N4O. The molecule has 0 amide bonds. The second-order valence-electron chi connectivity index (χ2n) is 8.69. The molecule has 1 heterocycles. The summed E-state index contributed by atoms with van der Waals surface area (Å²) >= 11 is 0. The molecule has 0 saturated carbocycles. The number of aryl methyl sites for hydroxylation is 2. The lowest BCUT2D eigenvalue weighted by Crippen LogP contribution is -2.09. The predicted octanol–water partition coefficient (Wildman–Crippen LogP) is 7.71. The zero-order valence-corrected chi connectivity index (χ0v) is 21.3. The average molecular weight is 487 g/mol. The summed E-state index contributed by atoms with van der Waals surface area (Å²) in [5.74, 6) is 0.578. The first kappa shape index (κ1) is 25.4. The summed E-state index contributed by atoms with van der Waals surface area (Å²) in [5.41, 5.74) is 8.89. The van der Waals surface area contributed by atoms with E-state index in [0.29, 0.717) is 11.4 Å². The standard InChI is InChI=1S/C30H24N4.C2H6O/c1-21-7-13-25(14-8-21)34(26-15-9-22(2)10-16-26)27-17-11-23(12-18-27)19-24(20-31)30-32-28-5-3-4-6-29(28)33-30;1-2-3/h3-19H,1-2H3,(H,32,33);3H,2H2,1H3/b24-19+;. The first-order valence-electron chi connectivity index (χ1n) is 12.2. The summed E-state index contributed by atoms with van der Waals surface area (Å²) in [6.07, 6.45) is 1.86. The van der Waals surface area contributed by atoms with E-state index >= 15 is 0 Å². The average Bonchev–Trinajstić information content (AvgIpc) is 3.35. The van der Waals surface area contributed by atoms with E-state index in [1.54, 1.807) is 6.92 Å². The first-order valence-corrected chi connectivity index (χ1v) is 12.2. The molecule has 0 aliphatic rings. The molecule has 0 bridgehead atoms. The molecule has 184 valence electrons. The van der Waals surface area contributed by atoms with E-state index in [4.69, 9.17) is 5.11 Å². The van der Waals surface area contributed by atoms with E-state index in [1.165, 1.54) is 11.1 Å². The number of nitrogens with one attached hydrogen (secondary N) is 1. The fourth-order valence-electron chi connectivity index (χ4n) is 3.96. The van der Waals surface area contributed by atoms with E-state index in [2.05, 4.69) is 95.4 Å². The van der Waals surface area contributed by atoms with Crippen LogP contribution in [0.3, 0.4) is 0 Å². The number of rotatable bonds is 5. The maximum atomic E-state index is 9.76. The topological polar surface area (TPSA) is 75.9 Å². The number of H-pyrrole nitrogens is 1. The summed E-state index contributed by atoms with van der Waals surface area (Å²) in [6.45, 7) is 6.12. The number of anilines is 3. The Balaban J connectivity index is 0.00000102. The van der Waals surface area contributed by atoms with Gasteiger partial charge in [0.15, 0.2) is 0 Å². The second-order valence-corrected chi connectivity index (χ2v) is 8.69. The van der Waals surface area contributed by atoms with Gasteiger partial charge in [-0.3, -0.25) is 0 Å². The zero-order chi connectivity index (χ0) is 26.2. The van der Waals surface area contributed by atoms with Crippen LogP contribution in [0.1, 0.15) is 29.4 Å². The largest absolute Gasteiger partial charge is 0.397 e. The minimum absolute atomic E-state index is 0.250. The molecular weight excluding hydrogens is 456 g/mol. The number of nitrogens with zero attached hydrogens (tertiary/aromatic N) is 3. The molecule has 2 N–H and O–H groups in total. The smallest absolute Gasteiger partial charge is 0.149 e. The van der Waals surface area contributed by atoms with Gasteiger partial charge in [0.25, 0.3) is 0 Å². The van der Waals surface area contributed by atoms with E-state index < -0.39 is 0 Å². The second kappa shape index (κ2) is 11.9. The first-order chi connectivity index (χ1) is 18.0. The maximum absolute atomic E-state index is 9.76. The van der Waals surface area contributed by atoms with Crippen LogP contribution >= 0.6 is 0 Å². The quantitative estimate of drug-likeness (QED) is 0.249. The van der Waals surface area contributed by atoms with Gasteiger partial charge in [-0.15, -0.1) is 0 Å². The van der Waals surface area contributed by atoms with Crippen molar-refractivity contribution in [1.82, 2.24) is 9.97 Å². The van der Waals surface area contributed by atoms with Crippen molar-refractivity contribution in [3.05, 3.63) is 120 Å². The van der Waals surface area contributed by atoms with Crippen LogP contribution in [0.4, 0.5) is 17.1 Å². The highest BCUT2D eigenvalue weighted by atomic mass is 16.2. The summed E-state index contributed by atoms with van der Waals surface area (Å²) in [5, 5.41) is 17.3. The number of hydrogen-bond acceptors (Lipinski definition) is 4. The number of nitriles is 1. The Morgan fingerprint density at radius 1 is 0.838 bits per heavy atom. The van der Waals surface area contributed by atoms with Crippen molar-refractivity contribution in [3.8, 4) is 6.07 Å². The highest BCUT2D eigenvalue weighted by Crippen LogP contribution is 2.35. The van der Waals surface area contributed by atoms with Gasteiger partial charge in [-0.25, -0.2) is 4.98 Å². The van der Waals surface area contributed by atoms with Gasteiger partial charge >= 0.3 is 0 Å². The van der Waals surface area contributed by atoms with Crippen molar-refractivity contribution in [2.24, 2.45) is 0 Å². The maximum Gasteiger partial charge on any atom is 0.149 e. The molecule has 0 unspecified atom stereocenters. The number of hydrogen-bond donors (Lipinski definition) is 2. The minimum Gasteiger partial charge on any atom is -0.397 e. The molecule has 0 radical (unpaired) electrons. The van der Waals surface area contributed by atoms with Crippen molar-refractivity contribution in [2.75, 3.05) is 11.5 Å². The van der Waals surface area contributed by atoms with Gasteiger partial charge in [-0.05, 0) is 80.9 Å². The Labute approximate surface area is 218 Å². The molecule has 5 nitrogen and oxygen atoms in total. The van der Waals surface area contributed by atoms with E-state index in [1.807, 2.05) is 42.5 Å². The lowest BCUT2D eigenvalue weighted by molar-refractivity contribution is 0.318. The highest BCUT2D eigenvalue weighted by Gasteiger charge is 2.13. The lowest BCUT2D eigenvalue weighted by atomic mass is 10.1. The Hall–Kier alpha value is -4.66. The molecule has 0 atom stereocenters. The van der Waals surface area contributed by atoms with Crippen LogP contribution in [0, 0.1) is 25.2 Å². The van der Waals surface area contributed by atoms with Crippen LogP contribution in [0.5, 0.6) is 0 Å². The van der Waals surface area contributed by atoms with Crippen LogP contribution < -0.4 is 4.90 Å². The monoisotopic (exact) mass is 486 g/mol. The van der Waals surface area contributed by atoms with Crippen LogP contribution in [0.25, 0.3) is 22.7 Å². The van der Waals surface area contributed by atoms with Crippen LogP contribution in [0.15, 0.2) is 97.1 Å². The summed E-state index contributed by atoms with van der Waals surface area (Å²) in [4.78, 5) is 10.0. The third-order valence-electron chi connectivity index (χ3n) is 5.81. The number of aromatic nitrogens is 2. The predicted molar refractivity (Wildman–Crippen MR) is 153 cm³/mol. The van der Waals surface area contributed by atoms with Crippen molar-refractivity contribution in [1.29, 1.82) is 5.26 Å². The van der Waals surface area contributed by atoms with Gasteiger partial charge < -0.3 is 15.0 Å². The van der Waals surface area contributed by atoms with Crippen molar-refractivity contribution < 1.29 is 5.11 Å². The van der Waals surface area contributed by atoms with Crippen molar-refractivity contribution in [2.45, 2.75) is 20.8 Å². The Morgan fingerprint density at radius 3 is 1.81 bits per heavy atom. The summed E-state index contributed by atoms with van der Waals surface area (Å²) in [6, 6.07) is 35.3. The number of imidazole rings is 1. The Bertz CT molecular complexity index is 1450. The molecule has 0 fully saturated rings. The molecule has 37 heavy (non-hydrogen) atoms. The third kappa shape index (κ3) is 6.13. The molecule has 0 aliphatic carbocycles. The van der Waals surface area contributed by atoms with Crippen LogP contribution in [0.2, 0.25) is 0 Å². The molecule has 4 aromatic carbocycles. The van der Waals surface area contributed by atoms with Gasteiger partial charge in [0.1, 0.15) is 11.9 Å².